The van der Waals surface area contributed by atoms with E-state index in [4.69, 9.17) is 15.2 Å². The van der Waals surface area contributed by atoms with Crippen LogP contribution in [-0.2, 0) is 9.53 Å². The van der Waals surface area contributed by atoms with Crippen LogP contribution in [-0.4, -0.2) is 42.5 Å². The molecular formula is C18H18N2O4. The lowest BCUT2D eigenvalue weighted by Crippen LogP contribution is -2.54. The Morgan fingerprint density at radius 2 is 1.83 bits per heavy atom. The lowest BCUT2D eigenvalue weighted by atomic mass is 10.1. The monoisotopic (exact) mass is 326 g/mol. The number of para-hydroxylation sites is 1. The van der Waals surface area contributed by atoms with Gasteiger partial charge in [0.05, 0.1) is 13.2 Å². The normalized spacial score (nSPS) is 17.3. The van der Waals surface area contributed by atoms with E-state index in [9.17, 15) is 9.59 Å². The first-order valence-corrected chi connectivity index (χ1v) is 7.66. The van der Waals surface area contributed by atoms with Gasteiger partial charge in [-0.05, 0) is 30.3 Å². The molecule has 124 valence electrons. The lowest BCUT2D eigenvalue weighted by molar-refractivity contribution is -0.127. The molecule has 1 aliphatic heterocycles. The van der Waals surface area contributed by atoms with Crippen LogP contribution in [0.15, 0.2) is 54.6 Å². The van der Waals surface area contributed by atoms with Crippen LogP contribution in [0.25, 0.3) is 0 Å². The number of nitrogens with zero attached hydrogens (tertiary/aromatic N) is 1. The third-order valence-electron chi connectivity index (χ3n) is 3.78. The summed E-state index contributed by atoms with van der Waals surface area (Å²) in [6.07, 6.45) is 0. The summed E-state index contributed by atoms with van der Waals surface area (Å²) < 4.78 is 11.0. The fraction of sp³-hybridized carbons (Fsp3) is 0.222. The highest BCUT2D eigenvalue weighted by molar-refractivity contribution is 5.97. The first-order chi connectivity index (χ1) is 11.6. The molecule has 3 rings (SSSR count). The third kappa shape index (κ3) is 3.55. The number of rotatable bonds is 4. The predicted octanol–water partition coefficient (Wildman–Crippen LogP) is 1.81. The van der Waals surface area contributed by atoms with Crippen LogP contribution >= 0.6 is 0 Å². The van der Waals surface area contributed by atoms with Gasteiger partial charge < -0.3 is 20.1 Å². The highest BCUT2D eigenvalue weighted by Crippen LogP contribution is 2.23. The van der Waals surface area contributed by atoms with Crippen molar-refractivity contribution in [3.8, 4) is 11.5 Å². The predicted molar refractivity (Wildman–Crippen MR) is 87.8 cm³/mol. The Morgan fingerprint density at radius 1 is 1.08 bits per heavy atom. The number of carbonyl (C=O) groups is 2. The highest BCUT2D eigenvalue weighted by atomic mass is 16.5. The molecule has 6 heteroatoms. The van der Waals surface area contributed by atoms with Gasteiger partial charge in [0.1, 0.15) is 17.5 Å². The summed E-state index contributed by atoms with van der Waals surface area (Å²) in [5.74, 6) is 0.403. The Kier molecular flexibility index (Phi) is 4.77. The minimum absolute atomic E-state index is 0.126. The lowest BCUT2D eigenvalue weighted by Gasteiger charge is -2.33. The van der Waals surface area contributed by atoms with E-state index >= 15 is 0 Å². The number of nitrogens with two attached hydrogens (primary N) is 1. The molecule has 1 saturated heterocycles. The van der Waals surface area contributed by atoms with Crippen molar-refractivity contribution < 1.29 is 19.1 Å². The van der Waals surface area contributed by atoms with Gasteiger partial charge in [0.25, 0.3) is 5.91 Å². The Hall–Kier alpha value is -2.86. The highest BCUT2D eigenvalue weighted by Gasteiger charge is 2.32. The average Bonchev–Trinajstić information content (AvgIpc) is 2.62. The molecule has 0 aromatic heterocycles. The molecule has 0 saturated carbocycles. The fourth-order valence-electron chi connectivity index (χ4n) is 2.57. The Balaban J connectivity index is 1.80. The molecule has 0 bridgehead atoms. The van der Waals surface area contributed by atoms with E-state index in [2.05, 4.69) is 0 Å². The van der Waals surface area contributed by atoms with Gasteiger partial charge in [0, 0.05) is 12.1 Å². The molecule has 6 nitrogen and oxygen atoms in total. The average molecular weight is 326 g/mol. The molecule has 2 amide bonds. The minimum atomic E-state index is -0.745. The summed E-state index contributed by atoms with van der Waals surface area (Å²) >= 11 is 0. The minimum Gasteiger partial charge on any atom is -0.457 e. The van der Waals surface area contributed by atoms with Crippen LogP contribution in [0.2, 0.25) is 0 Å². The Labute approximate surface area is 139 Å². The van der Waals surface area contributed by atoms with Crippen molar-refractivity contribution in [2.24, 2.45) is 5.73 Å². The van der Waals surface area contributed by atoms with E-state index in [1.54, 1.807) is 24.3 Å². The van der Waals surface area contributed by atoms with Gasteiger partial charge in [0.2, 0.25) is 5.91 Å². The summed E-state index contributed by atoms with van der Waals surface area (Å²) in [5, 5.41) is 0. The molecule has 0 radical (unpaired) electrons. The van der Waals surface area contributed by atoms with E-state index in [-0.39, 0.29) is 12.5 Å². The topological polar surface area (TPSA) is 81.9 Å². The summed E-state index contributed by atoms with van der Waals surface area (Å²) in [6.45, 7) is 0.840. The quantitative estimate of drug-likeness (QED) is 0.929. The first-order valence-electron chi connectivity index (χ1n) is 7.66. The van der Waals surface area contributed by atoms with Crippen molar-refractivity contribution in [1.29, 1.82) is 0 Å². The van der Waals surface area contributed by atoms with Crippen molar-refractivity contribution in [2.45, 2.75) is 6.04 Å². The van der Waals surface area contributed by atoms with Crippen LogP contribution in [0.5, 0.6) is 11.5 Å². The van der Waals surface area contributed by atoms with Gasteiger partial charge in [-0.25, -0.2) is 0 Å². The van der Waals surface area contributed by atoms with Crippen LogP contribution in [0.1, 0.15) is 10.4 Å². The Bertz CT molecular complexity index is 733. The van der Waals surface area contributed by atoms with E-state index in [0.29, 0.717) is 30.2 Å². The first kappa shape index (κ1) is 16.0. The molecule has 2 aromatic rings. The molecule has 1 unspecified atom stereocenters. The molecule has 1 aliphatic rings. The van der Waals surface area contributed by atoms with Crippen molar-refractivity contribution in [2.75, 3.05) is 19.8 Å². The maximum absolute atomic E-state index is 12.7. The third-order valence-corrected chi connectivity index (χ3v) is 3.78. The number of carbonyl (C=O) groups excluding carboxylic acids is 2. The molecule has 2 N–H and O–H groups in total. The zero-order chi connectivity index (χ0) is 16.9. The number of benzene rings is 2. The number of amides is 2. The SMILES string of the molecule is NC(=O)C1COCCN1C(=O)c1cccc(Oc2ccccc2)c1. The summed E-state index contributed by atoms with van der Waals surface area (Å²) in [6, 6.07) is 15.4. The second-order valence-electron chi connectivity index (χ2n) is 5.43. The maximum Gasteiger partial charge on any atom is 0.254 e. The van der Waals surface area contributed by atoms with E-state index < -0.39 is 11.9 Å². The smallest absolute Gasteiger partial charge is 0.254 e. The number of primary amides is 1. The van der Waals surface area contributed by atoms with Gasteiger partial charge in [-0.1, -0.05) is 24.3 Å². The zero-order valence-corrected chi connectivity index (χ0v) is 13.1. The molecule has 2 aromatic carbocycles. The van der Waals surface area contributed by atoms with Crippen molar-refractivity contribution in [3.05, 3.63) is 60.2 Å². The van der Waals surface area contributed by atoms with E-state index in [0.717, 1.165) is 0 Å². The summed E-state index contributed by atoms with van der Waals surface area (Å²) in [5.41, 5.74) is 5.81. The van der Waals surface area contributed by atoms with Crippen molar-refractivity contribution in [3.63, 3.8) is 0 Å². The molecule has 0 aliphatic carbocycles. The summed E-state index contributed by atoms with van der Waals surface area (Å²) in [4.78, 5) is 25.7. The fourth-order valence-corrected chi connectivity index (χ4v) is 2.57. The molecular weight excluding hydrogens is 308 g/mol. The molecule has 1 heterocycles. The van der Waals surface area contributed by atoms with Gasteiger partial charge in [-0.2, -0.15) is 0 Å². The van der Waals surface area contributed by atoms with Gasteiger partial charge in [-0.15, -0.1) is 0 Å². The molecule has 1 atom stereocenters. The number of hydrogen-bond acceptors (Lipinski definition) is 4. The number of hydrogen-bond donors (Lipinski definition) is 1. The maximum atomic E-state index is 12.7. The van der Waals surface area contributed by atoms with Gasteiger partial charge in [-0.3, -0.25) is 9.59 Å². The van der Waals surface area contributed by atoms with E-state index in [1.807, 2.05) is 30.3 Å². The molecule has 0 spiro atoms. The van der Waals surface area contributed by atoms with Crippen LogP contribution < -0.4 is 10.5 Å². The standard InChI is InChI=1S/C18H18N2O4/c19-17(21)16-12-23-10-9-20(16)18(22)13-5-4-8-15(11-13)24-14-6-2-1-3-7-14/h1-8,11,16H,9-10,12H2,(H2,19,21). The van der Waals surface area contributed by atoms with E-state index in [1.165, 1.54) is 4.90 Å². The Morgan fingerprint density at radius 3 is 2.58 bits per heavy atom. The van der Waals surface area contributed by atoms with Gasteiger partial charge >= 0.3 is 0 Å². The second kappa shape index (κ2) is 7.14. The number of ether oxygens (including phenoxy) is 2. The van der Waals surface area contributed by atoms with Crippen molar-refractivity contribution in [1.82, 2.24) is 4.90 Å². The van der Waals surface area contributed by atoms with Crippen LogP contribution in [0, 0.1) is 0 Å². The van der Waals surface area contributed by atoms with Gasteiger partial charge in [0.15, 0.2) is 0 Å². The van der Waals surface area contributed by atoms with Crippen LogP contribution in [0.4, 0.5) is 0 Å². The number of morpholine rings is 1. The summed E-state index contributed by atoms with van der Waals surface area (Å²) in [7, 11) is 0. The second-order valence-corrected chi connectivity index (χ2v) is 5.43. The molecule has 1 fully saturated rings. The van der Waals surface area contributed by atoms with Crippen LogP contribution in [0.3, 0.4) is 0 Å². The largest absolute Gasteiger partial charge is 0.457 e. The molecule has 24 heavy (non-hydrogen) atoms. The van der Waals surface area contributed by atoms with Crippen molar-refractivity contribution >= 4 is 11.8 Å². The zero-order valence-electron chi connectivity index (χ0n) is 13.1.